The average molecular weight is 279 g/mol. The standard InChI is InChI=1S/C16H25NO3/c1-12-10-13(4-5-15(12)19-3)16-14(6-8-20-16)11-17-7-9-18-2/h4-5,10,14,16-17H,6-9,11H2,1-3H3. The summed E-state index contributed by atoms with van der Waals surface area (Å²) in [4.78, 5) is 0. The summed E-state index contributed by atoms with van der Waals surface area (Å²) >= 11 is 0. The third-order valence-corrected chi connectivity index (χ3v) is 3.85. The van der Waals surface area contributed by atoms with Gasteiger partial charge < -0.3 is 19.5 Å². The van der Waals surface area contributed by atoms with Gasteiger partial charge in [-0.05, 0) is 36.6 Å². The second kappa shape index (κ2) is 7.62. The monoisotopic (exact) mass is 279 g/mol. The fourth-order valence-electron chi connectivity index (χ4n) is 2.75. The van der Waals surface area contributed by atoms with Gasteiger partial charge in [0.05, 0.1) is 19.8 Å². The van der Waals surface area contributed by atoms with Crippen LogP contribution in [0.4, 0.5) is 0 Å². The first-order chi connectivity index (χ1) is 9.76. The maximum absolute atomic E-state index is 5.93. The van der Waals surface area contributed by atoms with Gasteiger partial charge in [0.25, 0.3) is 0 Å². The molecule has 0 bridgehead atoms. The number of aryl methyl sites for hydroxylation is 1. The topological polar surface area (TPSA) is 39.7 Å². The molecule has 112 valence electrons. The molecule has 1 N–H and O–H groups in total. The zero-order chi connectivity index (χ0) is 14.4. The van der Waals surface area contributed by atoms with Crippen molar-refractivity contribution in [2.75, 3.05) is 40.5 Å². The molecule has 1 aromatic rings. The molecule has 4 heteroatoms. The first-order valence-electron chi connectivity index (χ1n) is 7.22. The zero-order valence-electron chi connectivity index (χ0n) is 12.6. The second-order valence-corrected chi connectivity index (χ2v) is 5.27. The molecule has 1 saturated heterocycles. The zero-order valence-corrected chi connectivity index (χ0v) is 12.6. The lowest BCUT2D eigenvalue weighted by Crippen LogP contribution is -2.27. The normalized spacial score (nSPS) is 22.1. The SMILES string of the molecule is COCCNCC1CCOC1c1ccc(OC)c(C)c1. The van der Waals surface area contributed by atoms with Crippen LogP contribution in [-0.4, -0.2) is 40.5 Å². The van der Waals surface area contributed by atoms with Crippen molar-refractivity contribution in [3.63, 3.8) is 0 Å². The Hall–Kier alpha value is -1.10. The van der Waals surface area contributed by atoms with E-state index in [1.807, 2.05) is 6.07 Å². The smallest absolute Gasteiger partial charge is 0.121 e. The Balaban J connectivity index is 1.97. The van der Waals surface area contributed by atoms with Gasteiger partial charge in [-0.15, -0.1) is 0 Å². The highest BCUT2D eigenvalue weighted by atomic mass is 16.5. The predicted octanol–water partition coefficient (Wildman–Crippen LogP) is 2.32. The summed E-state index contributed by atoms with van der Waals surface area (Å²) in [5, 5.41) is 3.44. The minimum Gasteiger partial charge on any atom is -0.496 e. The molecule has 2 atom stereocenters. The summed E-state index contributed by atoms with van der Waals surface area (Å²) in [5.74, 6) is 1.46. The van der Waals surface area contributed by atoms with Crippen LogP contribution in [0.1, 0.15) is 23.7 Å². The van der Waals surface area contributed by atoms with E-state index in [1.165, 1.54) is 5.56 Å². The number of methoxy groups -OCH3 is 2. The van der Waals surface area contributed by atoms with Crippen LogP contribution < -0.4 is 10.1 Å². The number of ether oxygens (including phenoxy) is 3. The first kappa shape index (κ1) is 15.3. The molecule has 0 radical (unpaired) electrons. The van der Waals surface area contributed by atoms with Crippen LogP contribution in [0.3, 0.4) is 0 Å². The number of rotatable bonds is 7. The number of hydrogen-bond acceptors (Lipinski definition) is 4. The lowest BCUT2D eigenvalue weighted by Gasteiger charge is -2.20. The van der Waals surface area contributed by atoms with Gasteiger partial charge in [0.1, 0.15) is 5.75 Å². The summed E-state index contributed by atoms with van der Waals surface area (Å²) in [6, 6.07) is 6.32. The summed E-state index contributed by atoms with van der Waals surface area (Å²) < 4.78 is 16.3. The molecule has 2 unspecified atom stereocenters. The molecular formula is C16H25NO3. The van der Waals surface area contributed by atoms with Gasteiger partial charge in [0.2, 0.25) is 0 Å². The summed E-state index contributed by atoms with van der Waals surface area (Å²) in [7, 11) is 3.43. The van der Waals surface area contributed by atoms with Gasteiger partial charge in [-0.2, -0.15) is 0 Å². The molecule has 4 nitrogen and oxygen atoms in total. The quantitative estimate of drug-likeness (QED) is 0.778. The highest BCUT2D eigenvalue weighted by Gasteiger charge is 2.29. The van der Waals surface area contributed by atoms with Crippen LogP contribution in [0.15, 0.2) is 18.2 Å². The maximum Gasteiger partial charge on any atom is 0.121 e. The summed E-state index contributed by atoms with van der Waals surface area (Å²) in [6.45, 7) is 5.52. The van der Waals surface area contributed by atoms with Crippen molar-refractivity contribution >= 4 is 0 Å². The number of nitrogens with one attached hydrogen (secondary N) is 1. The molecule has 0 amide bonds. The van der Waals surface area contributed by atoms with Crippen molar-refractivity contribution in [3.8, 4) is 5.75 Å². The molecular weight excluding hydrogens is 254 g/mol. The van der Waals surface area contributed by atoms with Crippen molar-refractivity contribution in [3.05, 3.63) is 29.3 Å². The molecule has 1 heterocycles. The Morgan fingerprint density at radius 2 is 2.20 bits per heavy atom. The van der Waals surface area contributed by atoms with E-state index >= 15 is 0 Å². The van der Waals surface area contributed by atoms with Gasteiger partial charge in [0.15, 0.2) is 0 Å². The average Bonchev–Trinajstić information content (AvgIpc) is 2.92. The molecule has 1 aliphatic rings. The van der Waals surface area contributed by atoms with Crippen LogP contribution in [-0.2, 0) is 9.47 Å². The molecule has 1 aromatic carbocycles. The highest BCUT2D eigenvalue weighted by Crippen LogP contribution is 2.35. The first-order valence-corrected chi connectivity index (χ1v) is 7.22. The fourth-order valence-corrected chi connectivity index (χ4v) is 2.75. The van der Waals surface area contributed by atoms with Gasteiger partial charge in [0, 0.05) is 32.7 Å². The van der Waals surface area contributed by atoms with Gasteiger partial charge in [-0.25, -0.2) is 0 Å². The van der Waals surface area contributed by atoms with E-state index in [9.17, 15) is 0 Å². The largest absolute Gasteiger partial charge is 0.496 e. The lowest BCUT2D eigenvalue weighted by atomic mass is 9.94. The minimum atomic E-state index is 0.189. The predicted molar refractivity (Wildman–Crippen MR) is 79.3 cm³/mol. The Bertz CT molecular complexity index is 422. The fraction of sp³-hybridized carbons (Fsp3) is 0.625. The van der Waals surface area contributed by atoms with Crippen molar-refractivity contribution in [1.29, 1.82) is 0 Å². The third kappa shape index (κ3) is 3.72. The van der Waals surface area contributed by atoms with Crippen LogP contribution in [0.5, 0.6) is 5.75 Å². The van der Waals surface area contributed by atoms with E-state index in [1.54, 1.807) is 14.2 Å². The van der Waals surface area contributed by atoms with Crippen LogP contribution in [0.25, 0.3) is 0 Å². The highest BCUT2D eigenvalue weighted by molar-refractivity contribution is 5.37. The van der Waals surface area contributed by atoms with Crippen LogP contribution >= 0.6 is 0 Å². The molecule has 0 saturated carbocycles. The molecule has 0 aliphatic carbocycles. The van der Waals surface area contributed by atoms with E-state index < -0.39 is 0 Å². The van der Waals surface area contributed by atoms with E-state index in [4.69, 9.17) is 14.2 Å². The van der Waals surface area contributed by atoms with Crippen LogP contribution in [0.2, 0.25) is 0 Å². The Morgan fingerprint density at radius 3 is 2.90 bits per heavy atom. The van der Waals surface area contributed by atoms with E-state index in [-0.39, 0.29) is 6.10 Å². The van der Waals surface area contributed by atoms with E-state index in [0.717, 1.165) is 44.0 Å². The third-order valence-electron chi connectivity index (χ3n) is 3.85. The van der Waals surface area contributed by atoms with Gasteiger partial charge >= 0.3 is 0 Å². The summed E-state index contributed by atoms with van der Waals surface area (Å²) in [5.41, 5.74) is 2.41. The Labute approximate surface area is 121 Å². The van der Waals surface area contributed by atoms with Crippen LogP contribution in [0, 0.1) is 12.8 Å². The Kier molecular flexibility index (Phi) is 5.83. The molecule has 1 aliphatic heterocycles. The second-order valence-electron chi connectivity index (χ2n) is 5.27. The molecule has 0 spiro atoms. The van der Waals surface area contributed by atoms with Gasteiger partial charge in [-0.3, -0.25) is 0 Å². The number of hydrogen-bond donors (Lipinski definition) is 1. The summed E-state index contributed by atoms with van der Waals surface area (Å²) in [6.07, 6.45) is 1.30. The van der Waals surface area contributed by atoms with Crippen molar-refractivity contribution < 1.29 is 14.2 Å². The van der Waals surface area contributed by atoms with Crippen molar-refractivity contribution in [1.82, 2.24) is 5.32 Å². The number of benzene rings is 1. The minimum absolute atomic E-state index is 0.189. The van der Waals surface area contributed by atoms with Crippen molar-refractivity contribution in [2.24, 2.45) is 5.92 Å². The van der Waals surface area contributed by atoms with Gasteiger partial charge in [-0.1, -0.05) is 6.07 Å². The van der Waals surface area contributed by atoms with E-state index in [2.05, 4.69) is 24.4 Å². The Morgan fingerprint density at radius 1 is 1.35 bits per heavy atom. The molecule has 2 rings (SSSR count). The molecule has 0 aromatic heterocycles. The molecule has 20 heavy (non-hydrogen) atoms. The van der Waals surface area contributed by atoms with Crippen molar-refractivity contribution in [2.45, 2.75) is 19.4 Å². The molecule has 1 fully saturated rings. The lowest BCUT2D eigenvalue weighted by molar-refractivity contribution is 0.0898. The maximum atomic E-state index is 5.93. The van der Waals surface area contributed by atoms with E-state index in [0.29, 0.717) is 5.92 Å².